The summed E-state index contributed by atoms with van der Waals surface area (Å²) in [5, 5.41) is 2.84. The highest BCUT2D eigenvalue weighted by molar-refractivity contribution is 5.95. The van der Waals surface area contributed by atoms with Gasteiger partial charge < -0.3 is 10.2 Å². The Balaban J connectivity index is 2.40. The van der Waals surface area contributed by atoms with Gasteiger partial charge in [0.05, 0.1) is 0 Å². The number of amides is 1. The van der Waals surface area contributed by atoms with Crippen molar-refractivity contribution in [2.75, 3.05) is 20.1 Å². The van der Waals surface area contributed by atoms with E-state index in [1.165, 1.54) is 5.57 Å². The van der Waals surface area contributed by atoms with Gasteiger partial charge in [0.1, 0.15) is 5.70 Å². The lowest BCUT2D eigenvalue weighted by molar-refractivity contribution is -0.119. The van der Waals surface area contributed by atoms with Gasteiger partial charge in [-0.05, 0) is 12.0 Å². The zero-order valence-electron chi connectivity index (χ0n) is 7.13. The molecule has 0 atom stereocenters. The van der Waals surface area contributed by atoms with E-state index in [1.807, 2.05) is 11.9 Å². The summed E-state index contributed by atoms with van der Waals surface area (Å²) in [4.78, 5) is 13.4. The van der Waals surface area contributed by atoms with Crippen LogP contribution in [0.3, 0.4) is 0 Å². The van der Waals surface area contributed by atoms with Crippen LogP contribution < -0.4 is 5.32 Å². The molecular formula is C9H12N2O. The zero-order valence-corrected chi connectivity index (χ0v) is 7.13. The first kappa shape index (κ1) is 7.40. The molecule has 3 nitrogen and oxygen atoms in total. The van der Waals surface area contributed by atoms with Gasteiger partial charge in [-0.25, -0.2) is 0 Å². The largest absolute Gasteiger partial charge is 0.366 e. The molecule has 0 saturated carbocycles. The molecule has 2 aliphatic rings. The lowest BCUT2D eigenvalue weighted by Gasteiger charge is -2.29. The van der Waals surface area contributed by atoms with Gasteiger partial charge in [0.25, 0.3) is 5.91 Å². The normalized spacial score (nSPS) is 22.4. The number of nitrogens with one attached hydrogen (secondary N) is 1. The predicted molar refractivity (Wildman–Crippen MR) is 46.4 cm³/mol. The van der Waals surface area contributed by atoms with Gasteiger partial charge in [-0.3, -0.25) is 4.79 Å². The Kier molecular flexibility index (Phi) is 1.64. The molecule has 0 unspecified atom stereocenters. The second-order valence-electron chi connectivity index (χ2n) is 3.16. The van der Waals surface area contributed by atoms with Crippen molar-refractivity contribution in [2.24, 2.45) is 0 Å². The highest BCUT2D eigenvalue weighted by Gasteiger charge is 2.23. The van der Waals surface area contributed by atoms with Crippen molar-refractivity contribution < 1.29 is 4.79 Å². The molecule has 0 bridgehead atoms. The van der Waals surface area contributed by atoms with Crippen LogP contribution in [0.4, 0.5) is 0 Å². The topological polar surface area (TPSA) is 32.3 Å². The first-order valence-corrected chi connectivity index (χ1v) is 4.18. The molecule has 0 spiro atoms. The predicted octanol–water partition coefficient (Wildman–Crippen LogP) is 0.262. The van der Waals surface area contributed by atoms with Crippen molar-refractivity contribution in [1.29, 1.82) is 0 Å². The highest BCUT2D eigenvalue weighted by atomic mass is 16.2. The second kappa shape index (κ2) is 2.66. The Bertz CT molecular complexity index is 278. The van der Waals surface area contributed by atoms with Crippen LogP contribution in [0.1, 0.15) is 6.42 Å². The fraction of sp³-hybridized carbons (Fsp3) is 0.444. The summed E-state index contributed by atoms with van der Waals surface area (Å²) in [5.74, 6) is 0.0723. The Hall–Kier alpha value is -1.25. The molecule has 3 heteroatoms. The molecule has 0 fully saturated rings. The summed E-state index contributed by atoms with van der Waals surface area (Å²) in [5.41, 5.74) is 2.02. The monoisotopic (exact) mass is 164 g/mol. The molecular weight excluding hydrogens is 152 g/mol. The van der Waals surface area contributed by atoms with Crippen molar-refractivity contribution in [3.05, 3.63) is 23.4 Å². The number of likely N-dealkylation sites (N-methyl/N-ethyl adjacent to an activating group) is 1. The SMILES string of the molecule is CN1CC=CC2=C1C(=O)NCC2. The number of carbonyl (C=O) groups is 1. The highest BCUT2D eigenvalue weighted by Crippen LogP contribution is 2.20. The third kappa shape index (κ3) is 1.02. The summed E-state index contributed by atoms with van der Waals surface area (Å²) in [6.45, 7) is 1.61. The fourth-order valence-corrected chi connectivity index (χ4v) is 1.68. The van der Waals surface area contributed by atoms with E-state index in [-0.39, 0.29) is 5.91 Å². The molecule has 12 heavy (non-hydrogen) atoms. The maximum atomic E-state index is 11.4. The molecule has 0 aliphatic carbocycles. The molecule has 0 aromatic carbocycles. The molecule has 2 heterocycles. The number of rotatable bonds is 0. The number of nitrogens with zero attached hydrogens (tertiary/aromatic N) is 1. The number of allylic oxidation sites excluding steroid dienone is 1. The summed E-state index contributed by atoms with van der Waals surface area (Å²) in [6, 6.07) is 0. The first-order valence-electron chi connectivity index (χ1n) is 4.18. The molecule has 2 aliphatic heterocycles. The third-order valence-corrected chi connectivity index (χ3v) is 2.28. The van der Waals surface area contributed by atoms with E-state index in [0.717, 1.165) is 25.2 Å². The molecule has 0 radical (unpaired) electrons. The lowest BCUT2D eigenvalue weighted by atomic mass is 10.0. The second-order valence-corrected chi connectivity index (χ2v) is 3.16. The quantitative estimate of drug-likeness (QED) is 0.557. The van der Waals surface area contributed by atoms with Crippen molar-refractivity contribution >= 4 is 5.91 Å². The van der Waals surface area contributed by atoms with Gasteiger partial charge in [0.2, 0.25) is 0 Å². The van der Waals surface area contributed by atoms with E-state index in [4.69, 9.17) is 0 Å². The third-order valence-electron chi connectivity index (χ3n) is 2.28. The van der Waals surface area contributed by atoms with Crippen LogP contribution in [-0.2, 0) is 4.79 Å². The first-order chi connectivity index (χ1) is 5.79. The average molecular weight is 164 g/mol. The van der Waals surface area contributed by atoms with Gasteiger partial charge >= 0.3 is 0 Å². The van der Waals surface area contributed by atoms with E-state index in [1.54, 1.807) is 0 Å². The Labute approximate surface area is 71.7 Å². The number of hydrogen-bond acceptors (Lipinski definition) is 2. The molecule has 2 rings (SSSR count). The van der Waals surface area contributed by atoms with Gasteiger partial charge in [-0.15, -0.1) is 0 Å². The van der Waals surface area contributed by atoms with Crippen LogP contribution in [0.5, 0.6) is 0 Å². The lowest BCUT2D eigenvalue weighted by Crippen LogP contribution is -2.39. The summed E-state index contributed by atoms with van der Waals surface area (Å²) in [6.07, 6.45) is 5.12. The molecule has 0 saturated heterocycles. The van der Waals surface area contributed by atoms with E-state index in [0.29, 0.717) is 0 Å². The molecule has 0 aromatic rings. The van der Waals surface area contributed by atoms with Crippen LogP contribution in [0.2, 0.25) is 0 Å². The Morgan fingerprint density at radius 3 is 3.17 bits per heavy atom. The fourth-order valence-electron chi connectivity index (χ4n) is 1.68. The minimum atomic E-state index is 0.0723. The minimum Gasteiger partial charge on any atom is -0.366 e. The van der Waals surface area contributed by atoms with Crippen molar-refractivity contribution in [3.8, 4) is 0 Å². The summed E-state index contributed by atoms with van der Waals surface area (Å²) in [7, 11) is 1.95. The van der Waals surface area contributed by atoms with Crippen LogP contribution in [0.15, 0.2) is 23.4 Å². The van der Waals surface area contributed by atoms with E-state index in [9.17, 15) is 4.79 Å². The van der Waals surface area contributed by atoms with Gasteiger partial charge in [0, 0.05) is 20.1 Å². The van der Waals surface area contributed by atoms with Crippen LogP contribution in [-0.4, -0.2) is 30.9 Å². The number of carbonyl (C=O) groups excluding carboxylic acids is 1. The molecule has 0 aromatic heterocycles. The average Bonchev–Trinajstić information content (AvgIpc) is 2.04. The van der Waals surface area contributed by atoms with Gasteiger partial charge in [0.15, 0.2) is 0 Å². The van der Waals surface area contributed by atoms with Gasteiger partial charge in [-0.2, -0.15) is 0 Å². The van der Waals surface area contributed by atoms with Gasteiger partial charge in [-0.1, -0.05) is 12.2 Å². The molecule has 1 amide bonds. The number of hydrogen-bond donors (Lipinski definition) is 1. The van der Waals surface area contributed by atoms with E-state index in [2.05, 4.69) is 17.5 Å². The minimum absolute atomic E-state index is 0.0723. The smallest absolute Gasteiger partial charge is 0.267 e. The van der Waals surface area contributed by atoms with Crippen molar-refractivity contribution in [3.63, 3.8) is 0 Å². The zero-order chi connectivity index (χ0) is 8.55. The maximum absolute atomic E-state index is 11.4. The van der Waals surface area contributed by atoms with Crippen LogP contribution >= 0.6 is 0 Å². The molecule has 1 N–H and O–H groups in total. The van der Waals surface area contributed by atoms with Crippen LogP contribution in [0.25, 0.3) is 0 Å². The van der Waals surface area contributed by atoms with Crippen molar-refractivity contribution in [2.45, 2.75) is 6.42 Å². The van der Waals surface area contributed by atoms with E-state index < -0.39 is 0 Å². The van der Waals surface area contributed by atoms with E-state index >= 15 is 0 Å². The van der Waals surface area contributed by atoms with Crippen molar-refractivity contribution in [1.82, 2.24) is 10.2 Å². The standard InChI is InChI=1S/C9H12N2O/c1-11-6-2-3-7-4-5-10-9(12)8(7)11/h2-3H,4-6H2,1H3,(H,10,12). The Morgan fingerprint density at radius 1 is 1.58 bits per heavy atom. The summed E-state index contributed by atoms with van der Waals surface area (Å²) >= 11 is 0. The Morgan fingerprint density at radius 2 is 2.42 bits per heavy atom. The maximum Gasteiger partial charge on any atom is 0.267 e. The molecule has 64 valence electrons. The summed E-state index contributed by atoms with van der Waals surface area (Å²) < 4.78 is 0. The van der Waals surface area contributed by atoms with Crippen LogP contribution in [0, 0.1) is 0 Å².